The van der Waals surface area contributed by atoms with Gasteiger partial charge < -0.3 is 5.73 Å². The first-order valence-electron chi connectivity index (χ1n) is 6.07. The molecule has 0 amide bonds. The van der Waals surface area contributed by atoms with Gasteiger partial charge in [0, 0.05) is 6.04 Å². The third-order valence-electron chi connectivity index (χ3n) is 2.97. The zero-order valence-corrected chi connectivity index (χ0v) is 10.5. The minimum Gasteiger partial charge on any atom is -0.328 e. The molecule has 0 bridgehead atoms. The van der Waals surface area contributed by atoms with E-state index in [0.717, 1.165) is 6.42 Å². The molecule has 0 aliphatic heterocycles. The van der Waals surface area contributed by atoms with E-state index in [-0.39, 0.29) is 6.04 Å². The fraction of sp³-hybridized carbons (Fsp3) is 0.250. The summed E-state index contributed by atoms with van der Waals surface area (Å²) < 4.78 is 0. The molecule has 0 aliphatic carbocycles. The minimum atomic E-state index is 0.222. The fourth-order valence-corrected chi connectivity index (χ4v) is 2.09. The first kappa shape index (κ1) is 11.9. The topological polar surface area (TPSA) is 26.0 Å². The summed E-state index contributed by atoms with van der Waals surface area (Å²) in [7, 11) is 0. The van der Waals surface area contributed by atoms with Gasteiger partial charge in [-0.1, -0.05) is 48.5 Å². The molecule has 1 atom stereocenters. The quantitative estimate of drug-likeness (QED) is 0.849. The maximum atomic E-state index is 5.80. The largest absolute Gasteiger partial charge is 0.328 e. The Hall–Kier alpha value is -1.60. The van der Waals surface area contributed by atoms with Gasteiger partial charge in [0.25, 0.3) is 0 Å². The average Bonchev–Trinajstić information content (AvgIpc) is 2.30. The Morgan fingerprint density at radius 2 is 1.65 bits per heavy atom. The van der Waals surface area contributed by atoms with Gasteiger partial charge in [-0.2, -0.15) is 0 Å². The SMILES string of the molecule is Cc1ccccc1-c1ccc(CC(C)N)cc1. The van der Waals surface area contributed by atoms with Crippen LogP contribution in [0, 0.1) is 6.92 Å². The lowest BCUT2D eigenvalue weighted by Gasteiger charge is -2.08. The van der Waals surface area contributed by atoms with Crippen LogP contribution in [0.3, 0.4) is 0 Å². The van der Waals surface area contributed by atoms with Gasteiger partial charge in [-0.05, 0) is 42.5 Å². The van der Waals surface area contributed by atoms with Crippen molar-refractivity contribution in [3.05, 3.63) is 59.7 Å². The molecule has 1 nitrogen and oxygen atoms in total. The van der Waals surface area contributed by atoms with Crippen LogP contribution in [0.1, 0.15) is 18.1 Å². The smallest absolute Gasteiger partial charge is 0.00509 e. The molecule has 1 unspecified atom stereocenters. The van der Waals surface area contributed by atoms with E-state index in [9.17, 15) is 0 Å². The summed E-state index contributed by atoms with van der Waals surface area (Å²) >= 11 is 0. The molecule has 0 aliphatic rings. The molecule has 0 radical (unpaired) electrons. The van der Waals surface area contributed by atoms with E-state index < -0.39 is 0 Å². The van der Waals surface area contributed by atoms with Crippen molar-refractivity contribution in [2.75, 3.05) is 0 Å². The Morgan fingerprint density at radius 1 is 1.00 bits per heavy atom. The molecule has 0 saturated carbocycles. The predicted molar refractivity (Wildman–Crippen MR) is 74.0 cm³/mol. The second-order valence-corrected chi connectivity index (χ2v) is 4.69. The minimum absolute atomic E-state index is 0.222. The van der Waals surface area contributed by atoms with Crippen molar-refractivity contribution >= 4 is 0 Å². The van der Waals surface area contributed by atoms with Crippen molar-refractivity contribution in [3.8, 4) is 11.1 Å². The van der Waals surface area contributed by atoms with Crippen molar-refractivity contribution in [2.45, 2.75) is 26.3 Å². The van der Waals surface area contributed by atoms with E-state index in [1.165, 1.54) is 22.3 Å². The molecule has 2 N–H and O–H groups in total. The zero-order valence-electron chi connectivity index (χ0n) is 10.5. The number of aryl methyl sites for hydroxylation is 1. The number of hydrogen-bond donors (Lipinski definition) is 1. The standard InChI is InChI=1S/C16H19N/c1-12-5-3-4-6-16(12)15-9-7-14(8-10-15)11-13(2)17/h3-10,13H,11,17H2,1-2H3. The van der Waals surface area contributed by atoms with Crippen LogP contribution in [-0.4, -0.2) is 6.04 Å². The summed E-state index contributed by atoms with van der Waals surface area (Å²) in [5.41, 5.74) is 11.0. The number of rotatable bonds is 3. The average molecular weight is 225 g/mol. The van der Waals surface area contributed by atoms with Gasteiger partial charge in [-0.3, -0.25) is 0 Å². The highest BCUT2D eigenvalue weighted by atomic mass is 14.6. The monoisotopic (exact) mass is 225 g/mol. The van der Waals surface area contributed by atoms with Gasteiger partial charge in [0.05, 0.1) is 0 Å². The highest BCUT2D eigenvalue weighted by molar-refractivity contribution is 5.67. The summed E-state index contributed by atoms with van der Waals surface area (Å²) in [4.78, 5) is 0. The maximum Gasteiger partial charge on any atom is 0.00509 e. The van der Waals surface area contributed by atoms with Crippen molar-refractivity contribution in [1.29, 1.82) is 0 Å². The second kappa shape index (κ2) is 5.15. The second-order valence-electron chi connectivity index (χ2n) is 4.69. The first-order valence-corrected chi connectivity index (χ1v) is 6.07. The molecular formula is C16H19N. The Morgan fingerprint density at radius 3 is 2.24 bits per heavy atom. The Balaban J connectivity index is 2.27. The molecule has 17 heavy (non-hydrogen) atoms. The van der Waals surface area contributed by atoms with Gasteiger partial charge in [0.1, 0.15) is 0 Å². The molecule has 2 rings (SSSR count). The number of hydrogen-bond acceptors (Lipinski definition) is 1. The highest BCUT2D eigenvalue weighted by Crippen LogP contribution is 2.23. The van der Waals surface area contributed by atoms with Gasteiger partial charge >= 0.3 is 0 Å². The van der Waals surface area contributed by atoms with Crippen LogP contribution >= 0.6 is 0 Å². The maximum absolute atomic E-state index is 5.80. The third kappa shape index (κ3) is 2.95. The molecule has 0 heterocycles. The molecule has 0 saturated heterocycles. The van der Waals surface area contributed by atoms with Crippen LogP contribution in [0.4, 0.5) is 0 Å². The van der Waals surface area contributed by atoms with E-state index in [2.05, 4.69) is 55.5 Å². The summed E-state index contributed by atoms with van der Waals surface area (Å²) in [6.45, 7) is 4.18. The first-order chi connectivity index (χ1) is 8.16. The molecule has 0 spiro atoms. The van der Waals surface area contributed by atoms with Crippen molar-refractivity contribution in [2.24, 2.45) is 5.73 Å². The third-order valence-corrected chi connectivity index (χ3v) is 2.97. The molecule has 88 valence electrons. The van der Waals surface area contributed by atoms with Crippen molar-refractivity contribution in [3.63, 3.8) is 0 Å². The molecular weight excluding hydrogens is 206 g/mol. The van der Waals surface area contributed by atoms with Gasteiger partial charge in [-0.15, -0.1) is 0 Å². The van der Waals surface area contributed by atoms with Crippen LogP contribution < -0.4 is 5.73 Å². The van der Waals surface area contributed by atoms with Crippen molar-refractivity contribution < 1.29 is 0 Å². The van der Waals surface area contributed by atoms with Gasteiger partial charge in [0.2, 0.25) is 0 Å². The van der Waals surface area contributed by atoms with E-state index in [1.807, 2.05) is 6.92 Å². The van der Waals surface area contributed by atoms with Crippen LogP contribution in [0.2, 0.25) is 0 Å². The fourth-order valence-electron chi connectivity index (χ4n) is 2.09. The van der Waals surface area contributed by atoms with Crippen molar-refractivity contribution in [1.82, 2.24) is 0 Å². The normalized spacial score (nSPS) is 12.4. The van der Waals surface area contributed by atoms with Crippen LogP contribution in [0.15, 0.2) is 48.5 Å². The zero-order chi connectivity index (χ0) is 12.3. The van der Waals surface area contributed by atoms with Crippen LogP contribution in [0.25, 0.3) is 11.1 Å². The molecule has 2 aromatic rings. The van der Waals surface area contributed by atoms with Gasteiger partial charge in [-0.25, -0.2) is 0 Å². The summed E-state index contributed by atoms with van der Waals surface area (Å²) in [6, 6.07) is 17.4. The number of nitrogens with two attached hydrogens (primary N) is 1. The Kier molecular flexibility index (Phi) is 3.60. The molecule has 2 aromatic carbocycles. The lowest BCUT2D eigenvalue weighted by Crippen LogP contribution is -2.17. The van der Waals surface area contributed by atoms with Crippen LogP contribution in [0.5, 0.6) is 0 Å². The van der Waals surface area contributed by atoms with E-state index >= 15 is 0 Å². The molecule has 0 fully saturated rings. The summed E-state index contributed by atoms with van der Waals surface area (Å²) in [5, 5.41) is 0. The number of benzene rings is 2. The summed E-state index contributed by atoms with van der Waals surface area (Å²) in [6.07, 6.45) is 0.939. The van der Waals surface area contributed by atoms with Gasteiger partial charge in [0.15, 0.2) is 0 Å². The highest BCUT2D eigenvalue weighted by Gasteiger charge is 2.02. The van der Waals surface area contributed by atoms with E-state index in [4.69, 9.17) is 5.73 Å². The molecule has 1 heteroatoms. The summed E-state index contributed by atoms with van der Waals surface area (Å²) in [5.74, 6) is 0. The lowest BCUT2D eigenvalue weighted by atomic mass is 9.98. The lowest BCUT2D eigenvalue weighted by molar-refractivity contribution is 0.738. The van der Waals surface area contributed by atoms with E-state index in [0.29, 0.717) is 0 Å². The van der Waals surface area contributed by atoms with E-state index in [1.54, 1.807) is 0 Å². The van der Waals surface area contributed by atoms with Crippen LogP contribution in [-0.2, 0) is 6.42 Å². The predicted octanol–water partition coefficient (Wildman–Crippen LogP) is 3.55. The molecule has 0 aromatic heterocycles. The Labute approximate surface area is 103 Å². The Bertz CT molecular complexity index is 483.